The molecule has 1 aromatic carbocycles. The molecule has 2 nitrogen and oxygen atoms in total. The van der Waals surface area contributed by atoms with Gasteiger partial charge >= 0.3 is 0 Å². The van der Waals surface area contributed by atoms with Crippen molar-refractivity contribution in [3.8, 4) is 0 Å². The first-order chi connectivity index (χ1) is 7.97. The average molecular weight is 319 g/mol. The molecule has 1 aromatic rings. The highest BCUT2D eigenvalue weighted by Gasteiger charge is 2.19. The fourth-order valence-electron chi connectivity index (χ4n) is 1.65. The minimum Gasteiger partial charge on any atom is -0.336 e. The molecule has 17 heavy (non-hydrogen) atoms. The Morgan fingerprint density at radius 1 is 1.47 bits per heavy atom. The third kappa shape index (κ3) is 3.71. The van der Waals surface area contributed by atoms with Crippen molar-refractivity contribution >= 4 is 33.4 Å². The number of rotatable bonds is 4. The van der Waals surface area contributed by atoms with Gasteiger partial charge in [0.25, 0.3) is 5.91 Å². The minimum atomic E-state index is 0.0467. The van der Waals surface area contributed by atoms with Crippen molar-refractivity contribution < 1.29 is 4.79 Å². The van der Waals surface area contributed by atoms with Crippen LogP contribution >= 0.6 is 27.5 Å². The van der Waals surface area contributed by atoms with E-state index in [0.717, 1.165) is 17.4 Å². The van der Waals surface area contributed by atoms with Gasteiger partial charge in [-0.25, -0.2) is 0 Å². The molecule has 0 saturated carbocycles. The Labute approximate surface area is 116 Å². The van der Waals surface area contributed by atoms with Crippen molar-refractivity contribution in [1.29, 1.82) is 0 Å². The van der Waals surface area contributed by atoms with Crippen molar-refractivity contribution in [2.75, 3.05) is 6.54 Å². The number of carbonyl (C=O) groups excluding carboxylic acids is 1. The minimum absolute atomic E-state index is 0.0467. The van der Waals surface area contributed by atoms with E-state index in [-0.39, 0.29) is 11.9 Å². The second kappa shape index (κ2) is 6.41. The predicted octanol–water partition coefficient (Wildman–Crippen LogP) is 4.36. The molecule has 4 heteroatoms. The summed E-state index contributed by atoms with van der Waals surface area (Å²) < 4.78 is 0.747. The maximum absolute atomic E-state index is 12.4. The molecule has 0 radical (unpaired) electrons. The third-order valence-corrected chi connectivity index (χ3v) is 3.40. The van der Waals surface area contributed by atoms with Gasteiger partial charge in [0.1, 0.15) is 0 Å². The molecule has 0 atom stereocenters. The molecule has 0 spiro atoms. The molecule has 0 saturated heterocycles. The zero-order chi connectivity index (χ0) is 13.0. The molecule has 0 bridgehead atoms. The van der Waals surface area contributed by atoms with Crippen LogP contribution in [0.25, 0.3) is 0 Å². The second-order valence-corrected chi connectivity index (χ2v) is 5.51. The Morgan fingerprint density at radius 3 is 2.59 bits per heavy atom. The van der Waals surface area contributed by atoms with E-state index in [0.29, 0.717) is 10.6 Å². The highest BCUT2D eigenvalue weighted by molar-refractivity contribution is 9.10. The van der Waals surface area contributed by atoms with E-state index in [1.165, 1.54) is 0 Å². The maximum Gasteiger partial charge on any atom is 0.255 e. The second-order valence-electron chi connectivity index (χ2n) is 4.22. The first-order valence-electron chi connectivity index (χ1n) is 5.73. The Morgan fingerprint density at radius 2 is 2.12 bits per heavy atom. The van der Waals surface area contributed by atoms with Crippen LogP contribution in [0.15, 0.2) is 22.7 Å². The molecule has 1 amide bonds. The van der Waals surface area contributed by atoms with Gasteiger partial charge in [-0.05, 0) is 54.4 Å². The van der Waals surface area contributed by atoms with Gasteiger partial charge < -0.3 is 4.90 Å². The van der Waals surface area contributed by atoms with Crippen molar-refractivity contribution in [3.05, 3.63) is 33.3 Å². The standard InChI is InChI=1S/C13H17BrClNO/c1-4-7-16(9(2)3)13(17)11-6-5-10(15)8-12(11)14/h5-6,8-9H,4,7H2,1-3H3. The number of carbonyl (C=O) groups is 1. The molecule has 0 unspecified atom stereocenters. The van der Waals surface area contributed by atoms with Crippen LogP contribution < -0.4 is 0 Å². The molecule has 0 N–H and O–H groups in total. The zero-order valence-electron chi connectivity index (χ0n) is 10.3. The van der Waals surface area contributed by atoms with Gasteiger partial charge in [0, 0.05) is 22.1 Å². The SMILES string of the molecule is CCCN(C(=O)c1ccc(Cl)cc1Br)C(C)C. The predicted molar refractivity (Wildman–Crippen MR) is 75.6 cm³/mol. The van der Waals surface area contributed by atoms with Gasteiger partial charge in [0.15, 0.2) is 0 Å². The number of hydrogen-bond acceptors (Lipinski definition) is 1. The number of nitrogens with zero attached hydrogens (tertiary/aromatic N) is 1. The highest BCUT2D eigenvalue weighted by Crippen LogP contribution is 2.23. The Hall–Kier alpha value is -0.540. The lowest BCUT2D eigenvalue weighted by molar-refractivity contribution is 0.0705. The van der Waals surface area contributed by atoms with Gasteiger partial charge in [0.05, 0.1) is 5.56 Å². The van der Waals surface area contributed by atoms with Crippen LogP contribution in [-0.2, 0) is 0 Å². The van der Waals surface area contributed by atoms with Gasteiger partial charge in [-0.2, -0.15) is 0 Å². The van der Waals surface area contributed by atoms with E-state index < -0.39 is 0 Å². The largest absolute Gasteiger partial charge is 0.336 e. The van der Waals surface area contributed by atoms with Crippen molar-refractivity contribution in [1.82, 2.24) is 4.90 Å². The lowest BCUT2D eigenvalue weighted by atomic mass is 10.1. The summed E-state index contributed by atoms with van der Waals surface area (Å²) in [4.78, 5) is 14.2. The van der Waals surface area contributed by atoms with E-state index in [1.54, 1.807) is 18.2 Å². The van der Waals surface area contributed by atoms with Crippen molar-refractivity contribution in [3.63, 3.8) is 0 Å². The molecule has 0 aliphatic rings. The Bertz CT molecular complexity index is 406. The molecule has 0 aliphatic heterocycles. The van der Waals surface area contributed by atoms with Crippen LogP contribution in [0.1, 0.15) is 37.6 Å². The van der Waals surface area contributed by atoms with E-state index in [9.17, 15) is 4.79 Å². The van der Waals surface area contributed by atoms with Crippen molar-refractivity contribution in [2.24, 2.45) is 0 Å². The van der Waals surface area contributed by atoms with Gasteiger partial charge in [-0.15, -0.1) is 0 Å². The van der Waals surface area contributed by atoms with Gasteiger partial charge in [0.2, 0.25) is 0 Å². The molecular weight excluding hydrogens is 302 g/mol. The van der Waals surface area contributed by atoms with Crippen LogP contribution in [0.3, 0.4) is 0 Å². The van der Waals surface area contributed by atoms with Gasteiger partial charge in [-0.3, -0.25) is 4.79 Å². The molecule has 94 valence electrons. The summed E-state index contributed by atoms with van der Waals surface area (Å²) in [5, 5.41) is 0.625. The zero-order valence-corrected chi connectivity index (χ0v) is 12.7. The summed E-state index contributed by atoms with van der Waals surface area (Å²) in [5.41, 5.74) is 0.663. The summed E-state index contributed by atoms with van der Waals surface area (Å²) in [6.45, 7) is 6.89. The van der Waals surface area contributed by atoms with E-state index in [2.05, 4.69) is 22.9 Å². The van der Waals surface area contributed by atoms with Crippen LogP contribution in [0.4, 0.5) is 0 Å². The smallest absolute Gasteiger partial charge is 0.255 e. The number of halogens is 2. The van der Waals surface area contributed by atoms with Crippen LogP contribution in [-0.4, -0.2) is 23.4 Å². The molecule has 0 aliphatic carbocycles. The molecule has 0 aromatic heterocycles. The summed E-state index contributed by atoms with van der Waals surface area (Å²) in [6.07, 6.45) is 0.954. The first kappa shape index (κ1) is 14.5. The number of benzene rings is 1. The van der Waals surface area contributed by atoms with Crippen molar-refractivity contribution in [2.45, 2.75) is 33.2 Å². The van der Waals surface area contributed by atoms with Gasteiger partial charge in [-0.1, -0.05) is 18.5 Å². The summed E-state index contributed by atoms with van der Waals surface area (Å²) in [6, 6.07) is 5.45. The van der Waals surface area contributed by atoms with E-state index >= 15 is 0 Å². The van der Waals surface area contributed by atoms with Crippen LogP contribution in [0.2, 0.25) is 5.02 Å². The van der Waals surface area contributed by atoms with Crippen LogP contribution in [0, 0.1) is 0 Å². The normalized spacial score (nSPS) is 10.7. The van der Waals surface area contributed by atoms with Crippen LogP contribution in [0.5, 0.6) is 0 Å². The lowest BCUT2D eigenvalue weighted by Crippen LogP contribution is -2.37. The van der Waals surface area contributed by atoms with E-state index in [1.807, 2.05) is 18.7 Å². The average Bonchev–Trinajstić information content (AvgIpc) is 2.24. The summed E-state index contributed by atoms with van der Waals surface area (Å²) >= 11 is 9.25. The number of amides is 1. The fraction of sp³-hybridized carbons (Fsp3) is 0.462. The molecular formula is C13H17BrClNO. The lowest BCUT2D eigenvalue weighted by Gasteiger charge is -2.26. The quantitative estimate of drug-likeness (QED) is 0.807. The summed E-state index contributed by atoms with van der Waals surface area (Å²) in [5.74, 6) is 0.0467. The topological polar surface area (TPSA) is 20.3 Å². The van der Waals surface area contributed by atoms with E-state index in [4.69, 9.17) is 11.6 Å². The Kier molecular flexibility index (Phi) is 5.47. The fourth-order valence-corrected chi connectivity index (χ4v) is 2.51. The maximum atomic E-state index is 12.4. The Balaban J connectivity index is 3.01. The monoisotopic (exact) mass is 317 g/mol. The molecule has 0 heterocycles. The first-order valence-corrected chi connectivity index (χ1v) is 6.90. The molecule has 1 rings (SSSR count). The number of hydrogen-bond donors (Lipinski definition) is 0. The summed E-state index contributed by atoms with van der Waals surface area (Å²) in [7, 11) is 0. The third-order valence-electron chi connectivity index (χ3n) is 2.51. The molecule has 0 fully saturated rings. The highest BCUT2D eigenvalue weighted by atomic mass is 79.9.